The number of nitrogens with zero attached hydrogens (tertiary/aromatic N) is 1. The molecular weight excluding hydrogens is 831 g/mol. The summed E-state index contributed by atoms with van der Waals surface area (Å²) in [5, 5.41) is 0. The molecule has 0 radical (unpaired) electrons. The van der Waals surface area contributed by atoms with E-state index < -0.39 is 0 Å². The summed E-state index contributed by atoms with van der Waals surface area (Å²) >= 11 is 0. The molecule has 344 valence electrons. The molecular formula is C68H67N. The predicted octanol–water partition coefficient (Wildman–Crippen LogP) is 19.7. The van der Waals surface area contributed by atoms with E-state index in [0.717, 1.165) is 22.6 Å². The molecule has 0 saturated heterocycles. The van der Waals surface area contributed by atoms with Gasteiger partial charge in [0.2, 0.25) is 0 Å². The summed E-state index contributed by atoms with van der Waals surface area (Å²) in [4.78, 5) is 2.33. The van der Waals surface area contributed by atoms with E-state index in [2.05, 4.69) is 282 Å². The van der Waals surface area contributed by atoms with E-state index >= 15 is 0 Å². The fourth-order valence-electron chi connectivity index (χ4n) is 7.82. The Hall–Kier alpha value is -8.00. The SMILES string of the molecule is C/C=C\C(=C/C)c1ccc(C)cc1.CC.Cc1ccc(-c2ccc(-c3ccc(N(c4ccc(C)cc4)c4ccc(C=C(c5ccccc5)c5ccccc5)cc4)cc3)cc2)cc1.Cc1ccccc1. The van der Waals surface area contributed by atoms with Gasteiger partial charge < -0.3 is 4.90 Å². The first-order chi connectivity index (χ1) is 33.8. The van der Waals surface area contributed by atoms with Crippen LogP contribution in [0.4, 0.5) is 17.1 Å². The topological polar surface area (TPSA) is 3.24 Å². The van der Waals surface area contributed by atoms with E-state index in [4.69, 9.17) is 0 Å². The van der Waals surface area contributed by atoms with E-state index in [1.807, 2.05) is 39.0 Å². The van der Waals surface area contributed by atoms with Crippen LogP contribution in [-0.4, -0.2) is 0 Å². The second kappa shape index (κ2) is 26.4. The second-order valence-electron chi connectivity index (χ2n) is 16.8. The van der Waals surface area contributed by atoms with Crippen molar-refractivity contribution in [1.29, 1.82) is 0 Å². The lowest BCUT2D eigenvalue weighted by atomic mass is 9.95. The van der Waals surface area contributed by atoms with Crippen molar-refractivity contribution in [3.63, 3.8) is 0 Å². The van der Waals surface area contributed by atoms with Crippen LogP contribution in [0.3, 0.4) is 0 Å². The standard InChI is InChI=1S/C46H37N.C13H16.C7H8.C2H6/c1-34-13-19-37(20-14-34)38-21-23-39(24-22-38)40-25-31-45(32-26-40)47(43-27-15-35(2)16-28-43)44-29-17-36(18-30-44)33-46(41-9-5-3-6-10-41)42-11-7-4-8-12-42;1-4-6-12(5-2)13-9-7-11(3)8-10-13;1-7-5-3-2-4-6-7;1-2/h3-33H,1-2H3;4-10H,1-3H3;2-6H,1H3;1-2H3/b;6-4-,12-5+;;. The summed E-state index contributed by atoms with van der Waals surface area (Å²) in [6, 6.07) is 84.1. The largest absolute Gasteiger partial charge is 0.311 e. The van der Waals surface area contributed by atoms with Crippen molar-refractivity contribution in [2.75, 3.05) is 4.90 Å². The van der Waals surface area contributed by atoms with Crippen LogP contribution in [0.25, 0.3) is 39.5 Å². The number of rotatable bonds is 10. The first-order valence-electron chi connectivity index (χ1n) is 24.2. The fraction of sp³-hybridized carbons (Fsp3) is 0.118. The van der Waals surface area contributed by atoms with Crippen molar-refractivity contribution in [3.8, 4) is 22.3 Å². The smallest absolute Gasteiger partial charge is 0.0462 e. The van der Waals surface area contributed by atoms with E-state index in [-0.39, 0.29) is 0 Å². The number of hydrogen-bond acceptors (Lipinski definition) is 1. The Kier molecular flexibility index (Phi) is 19.3. The number of hydrogen-bond donors (Lipinski definition) is 0. The zero-order valence-corrected chi connectivity index (χ0v) is 41.8. The Balaban J connectivity index is 0.000000293. The minimum Gasteiger partial charge on any atom is -0.311 e. The molecule has 0 N–H and O–H groups in total. The highest BCUT2D eigenvalue weighted by Crippen LogP contribution is 2.37. The van der Waals surface area contributed by atoms with Gasteiger partial charge in [0.15, 0.2) is 0 Å². The number of anilines is 3. The molecule has 0 aliphatic carbocycles. The molecule has 69 heavy (non-hydrogen) atoms. The zero-order valence-electron chi connectivity index (χ0n) is 41.8. The average Bonchev–Trinajstić information content (AvgIpc) is 3.41. The Bertz CT molecular complexity index is 2920. The van der Waals surface area contributed by atoms with E-state index in [9.17, 15) is 0 Å². The van der Waals surface area contributed by atoms with Gasteiger partial charge in [0, 0.05) is 17.1 Å². The molecule has 0 saturated carbocycles. The highest BCUT2D eigenvalue weighted by atomic mass is 15.1. The molecule has 1 nitrogen and oxygen atoms in total. The molecule has 9 aromatic carbocycles. The van der Waals surface area contributed by atoms with E-state index in [0.29, 0.717) is 0 Å². The van der Waals surface area contributed by atoms with Crippen LogP contribution in [0.1, 0.15) is 72.2 Å². The molecule has 0 aromatic heterocycles. The number of allylic oxidation sites excluding steroid dienone is 4. The van der Waals surface area contributed by atoms with Crippen LogP contribution in [0.15, 0.2) is 255 Å². The lowest BCUT2D eigenvalue weighted by Crippen LogP contribution is -2.09. The molecule has 0 amide bonds. The van der Waals surface area contributed by atoms with Gasteiger partial charge in [-0.1, -0.05) is 255 Å². The lowest BCUT2D eigenvalue weighted by Gasteiger charge is -2.26. The monoisotopic (exact) mass is 898 g/mol. The summed E-state index contributed by atoms with van der Waals surface area (Å²) in [6.45, 7) is 16.5. The van der Waals surface area contributed by atoms with Gasteiger partial charge in [-0.3, -0.25) is 0 Å². The zero-order chi connectivity index (χ0) is 48.8. The van der Waals surface area contributed by atoms with Crippen LogP contribution in [-0.2, 0) is 0 Å². The van der Waals surface area contributed by atoms with Crippen LogP contribution >= 0.6 is 0 Å². The number of aryl methyl sites for hydroxylation is 4. The summed E-state index contributed by atoms with van der Waals surface area (Å²) in [7, 11) is 0. The Morgan fingerprint density at radius 2 is 0.652 bits per heavy atom. The molecule has 9 aromatic rings. The number of benzene rings is 9. The van der Waals surface area contributed by atoms with Gasteiger partial charge in [-0.2, -0.15) is 0 Å². The van der Waals surface area contributed by atoms with Crippen molar-refractivity contribution in [1.82, 2.24) is 0 Å². The lowest BCUT2D eigenvalue weighted by molar-refractivity contribution is 1.27. The van der Waals surface area contributed by atoms with Gasteiger partial charge in [-0.05, 0) is 140 Å². The molecule has 9 rings (SSSR count). The van der Waals surface area contributed by atoms with Gasteiger partial charge in [-0.15, -0.1) is 0 Å². The van der Waals surface area contributed by atoms with Gasteiger partial charge in [0.1, 0.15) is 0 Å². The van der Waals surface area contributed by atoms with Gasteiger partial charge in [0.25, 0.3) is 0 Å². The highest BCUT2D eigenvalue weighted by molar-refractivity contribution is 5.92. The average molecular weight is 898 g/mol. The van der Waals surface area contributed by atoms with Gasteiger partial charge in [-0.25, -0.2) is 0 Å². The van der Waals surface area contributed by atoms with Crippen molar-refractivity contribution in [3.05, 3.63) is 299 Å². The van der Waals surface area contributed by atoms with Crippen molar-refractivity contribution < 1.29 is 0 Å². The predicted molar refractivity (Wildman–Crippen MR) is 303 cm³/mol. The molecule has 0 spiro atoms. The van der Waals surface area contributed by atoms with Crippen molar-refractivity contribution in [2.45, 2.75) is 55.4 Å². The maximum Gasteiger partial charge on any atom is 0.0462 e. The van der Waals surface area contributed by atoms with Crippen molar-refractivity contribution >= 4 is 34.3 Å². The Labute approximate surface area is 414 Å². The normalized spacial score (nSPS) is 10.6. The van der Waals surface area contributed by atoms with Crippen molar-refractivity contribution in [2.24, 2.45) is 0 Å². The molecule has 0 heterocycles. The summed E-state index contributed by atoms with van der Waals surface area (Å²) in [5.74, 6) is 0. The molecule has 0 unspecified atom stereocenters. The van der Waals surface area contributed by atoms with Crippen LogP contribution < -0.4 is 4.90 Å². The van der Waals surface area contributed by atoms with Crippen LogP contribution in [0.5, 0.6) is 0 Å². The first kappa shape index (κ1) is 50.4. The fourth-order valence-corrected chi connectivity index (χ4v) is 7.82. The van der Waals surface area contributed by atoms with Crippen LogP contribution in [0.2, 0.25) is 0 Å². The molecule has 0 atom stereocenters. The molecule has 0 bridgehead atoms. The Morgan fingerprint density at radius 3 is 1.03 bits per heavy atom. The van der Waals surface area contributed by atoms with E-state index in [1.54, 1.807) is 0 Å². The first-order valence-corrected chi connectivity index (χ1v) is 24.2. The Morgan fingerprint density at radius 1 is 0.333 bits per heavy atom. The summed E-state index contributed by atoms with van der Waals surface area (Å²) in [5.41, 5.74) is 20.7. The highest BCUT2D eigenvalue weighted by Gasteiger charge is 2.14. The minimum absolute atomic E-state index is 1.11. The van der Waals surface area contributed by atoms with Gasteiger partial charge >= 0.3 is 0 Å². The second-order valence-corrected chi connectivity index (χ2v) is 16.8. The molecule has 1 heteroatoms. The summed E-state index contributed by atoms with van der Waals surface area (Å²) < 4.78 is 0. The van der Waals surface area contributed by atoms with E-state index in [1.165, 1.54) is 72.3 Å². The molecule has 0 fully saturated rings. The third-order valence-corrected chi connectivity index (χ3v) is 11.6. The summed E-state index contributed by atoms with van der Waals surface area (Å²) in [6.07, 6.45) is 8.61. The third kappa shape index (κ3) is 14.7. The maximum atomic E-state index is 2.33. The quantitative estimate of drug-likeness (QED) is 0.0976. The molecule has 0 aliphatic heterocycles. The third-order valence-electron chi connectivity index (χ3n) is 11.6. The minimum atomic E-state index is 1.11. The maximum absolute atomic E-state index is 2.33. The van der Waals surface area contributed by atoms with Crippen LogP contribution in [0, 0.1) is 27.7 Å². The van der Waals surface area contributed by atoms with Gasteiger partial charge in [0.05, 0.1) is 0 Å². The molecule has 0 aliphatic rings.